The maximum atomic E-state index is 13.4. The van der Waals surface area contributed by atoms with Gasteiger partial charge in [-0.05, 0) is 0 Å². The van der Waals surface area contributed by atoms with Crippen LogP contribution in [0.5, 0.6) is 0 Å². The highest BCUT2D eigenvalue weighted by Gasteiger charge is 2.66. The van der Waals surface area contributed by atoms with Crippen LogP contribution >= 0.6 is 15.6 Å². The molecule has 0 aromatic carbocycles. The average Bonchev–Trinajstić information content (AvgIpc) is 0.740. The fourth-order valence-corrected chi connectivity index (χ4v) is 17.5. The van der Waals surface area contributed by atoms with Crippen molar-refractivity contribution >= 4 is 27.6 Å². The first-order valence-corrected chi connectivity index (χ1v) is 43.6. The lowest BCUT2D eigenvalue weighted by Gasteiger charge is -2.52. The lowest BCUT2D eigenvalue weighted by Crippen LogP contribution is -2.71. The molecule has 10 heterocycles. The Hall–Kier alpha value is -2.92. The normalized spacial score (nSPS) is 48.2. The molecule has 133 heavy (non-hydrogen) atoms. The van der Waals surface area contributed by atoms with Crippen molar-refractivity contribution in [3.05, 3.63) is 0 Å². The number of hydrogen-bond acceptors (Lipinski definition) is 58. The number of phosphoric acid groups is 2. The van der Waals surface area contributed by atoms with E-state index >= 15 is 0 Å². The summed E-state index contributed by atoms with van der Waals surface area (Å²) in [6.07, 6.45) is -134. The van der Waals surface area contributed by atoms with Crippen LogP contribution in [0.15, 0.2) is 0 Å². The van der Waals surface area contributed by atoms with Crippen LogP contribution < -0.4 is 0 Å². The van der Waals surface area contributed by atoms with E-state index in [1.807, 2.05) is 0 Å². The molecule has 0 aromatic heterocycles. The molecule has 10 saturated heterocycles. The Bertz CT molecular complexity index is 3720. The Morgan fingerprint density at radius 1 is 0.308 bits per heavy atom. The molecular formula is C67H114O64P2. The molecule has 64 nitrogen and oxygen atoms in total. The Balaban J connectivity index is 1.08. The van der Waals surface area contributed by atoms with Crippen molar-refractivity contribution in [3.63, 3.8) is 0 Å². The molecule has 0 bridgehead atoms. The lowest BCUT2D eigenvalue weighted by atomic mass is 9.89. The maximum absolute atomic E-state index is 13.4. The molecule has 0 radical (unpaired) electrons. The monoisotopic (exact) mass is 2000 g/mol. The second kappa shape index (κ2) is 46.6. The van der Waals surface area contributed by atoms with Crippen molar-refractivity contribution in [2.75, 3.05) is 66.1 Å². The largest absolute Gasteiger partial charge is 0.477 e. The van der Waals surface area contributed by atoms with Crippen molar-refractivity contribution in [1.29, 1.82) is 0 Å². The number of ether oxygens (including phenoxy) is 19. The van der Waals surface area contributed by atoms with Crippen molar-refractivity contribution in [3.8, 4) is 0 Å². The highest BCUT2D eigenvalue weighted by atomic mass is 31.2. The fourth-order valence-electron chi connectivity index (χ4n) is 16.4. The van der Waals surface area contributed by atoms with Gasteiger partial charge < -0.3 is 288 Å². The lowest BCUT2D eigenvalue weighted by molar-refractivity contribution is -0.416. The van der Waals surface area contributed by atoms with Gasteiger partial charge in [-0.25, -0.2) is 18.7 Å². The van der Waals surface area contributed by atoms with Crippen LogP contribution in [0.2, 0.25) is 0 Å². The quantitative estimate of drug-likeness (QED) is 0.0254. The number of hydrogen-bond donors (Lipinski definition) is 39. The molecule has 0 amide bonds. The summed E-state index contributed by atoms with van der Waals surface area (Å²) in [4.78, 5) is 68.9. The zero-order chi connectivity index (χ0) is 98.9. The number of carboxylic acid groups (broad SMARTS) is 2. The zero-order valence-electron chi connectivity index (χ0n) is 68.5. The number of phosphoric ester groups is 2. The van der Waals surface area contributed by atoms with Crippen LogP contribution in [-0.2, 0) is 118 Å². The molecule has 66 heteroatoms. The van der Waals surface area contributed by atoms with Crippen molar-refractivity contribution in [1.82, 2.24) is 0 Å². The second-order valence-electron chi connectivity index (χ2n) is 32.5. The molecule has 10 fully saturated rings. The molecular weight excluding hydrogens is 1890 g/mol. The molecule has 0 aliphatic carbocycles. The van der Waals surface area contributed by atoms with E-state index in [0.717, 1.165) is 0 Å². The number of aliphatic hydroxyl groups excluding tert-OH is 32. The van der Waals surface area contributed by atoms with Crippen LogP contribution in [-0.4, -0.2) is 601 Å². The Morgan fingerprint density at radius 2 is 0.654 bits per heavy atom. The Kier molecular flexibility index (Phi) is 39.3. The van der Waals surface area contributed by atoms with Gasteiger partial charge in [0.05, 0.1) is 78.3 Å². The molecule has 0 aromatic rings. The molecule has 39 N–H and O–H groups in total. The van der Waals surface area contributed by atoms with E-state index < -0.39 is 431 Å². The predicted molar refractivity (Wildman–Crippen MR) is 392 cm³/mol. The molecule has 0 spiro atoms. The van der Waals surface area contributed by atoms with Gasteiger partial charge in [0.25, 0.3) is 11.6 Å². The summed E-state index contributed by atoms with van der Waals surface area (Å²) in [5.41, 5.74) is 0. The first kappa shape index (κ1) is 112. The number of aliphatic carboxylic acids is 2. The molecule has 1 unspecified atom stereocenters. The topological polar surface area (TPSA) is 1050 Å². The summed E-state index contributed by atoms with van der Waals surface area (Å²) < 4.78 is 146. The van der Waals surface area contributed by atoms with Gasteiger partial charge >= 0.3 is 27.6 Å². The van der Waals surface area contributed by atoms with Gasteiger partial charge in [0.15, 0.2) is 50.3 Å². The van der Waals surface area contributed by atoms with E-state index in [9.17, 15) is 217 Å². The van der Waals surface area contributed by atoms with Crippen LogP contribution in [0, 0.1) is 0 Å². The van der Waals surface area contributed by atoms with Crippen molar-refractivity contribution < 1.29 is 316 Å². The molecule has 10 rings (SSSR count). The summed E-state index contributed by atoms with van der Waals surface area (Å²) in [6, 6.07) is 0. The summed E-state index contributed by atoms with van der Waals surface area (Å²) >= 11 is 0. The zero-order valence-corrected chi connectivity index (χ0v) is 70.3. The first-order chi connectivity index (χ1) is 62.3. The van der Waals surface area contributed by atoms with Crippen LogP contribution in [0.25, 0.3) is 0 Å². The van der Waals surface area contributed by atoms with Crippen molar-refractivity contribution in [2.24, 2.45) is 0 Å². The standard InChI is InChI=1S/C67H114O64P2/c68-3-14(78)42-34(92)32(90)35(93)56(117-42)111-12-18(82)45-55(131-133(108,109)110)51(41(99)61(119-45)124-50-40(98)60(118-44(16(80)5-70)54(50)130-132(105,106)107)121-48-19(2-66(104,64(100)101)128-46(48)17(81)6-71)127-67(65(102)103)1-13(77)25(83)43(129-67)15(79)4-69)123-59-39(97)49(29(87)23(10-75)114-59)122-63-53(38(96)47(24(11-76)116-63)120-57-36(94)30(88)26(84)20(7-72)112-57)126-62-52(33(91)28(86)22(9-74)115-62)125-58-37(95)31(89)27(85)21(8-73)113-58/h13-63,68-99,104H,1-12H2,(H,100,101)(H,102,103)(H2,105,106,107)(H2,108,109,110)/t13-,14+,15-,16+,17-,18+,19-,20-,21-,22-,23-,24-,25-,26+,27+,28+,29-,30+,31+,32+,33+,34+,35+,36-,37-,38+,39-,40+,41+,42-,43-,44-,45-,46-,47-,48-,49+,50-,51-,52-,53-,54-,55-,56+,57+,58-,59-,60-,61-,62-,63-,66?,67-/m1/s1. The third-order valence-corrected chi connectivity index (χ3v) is 24.6. The van der Waals surface area contributed by atoms with Crippen LogP contribution in [0.3, 0.4) is 0 Å². The van der Waals surface area contributed by atoms with Gasteiger partial charge in [-0.3, -0.25) is 9.05 Å². The minimum atomic E-state index is -6.45. The smallest absolute Gasteiger partial charge is 0.470 e. The number of aliphatic hydroxyl groups is 33. The summed E-state index contributed by atoms with van der Waals surface area (Å²) in [5.74, 6) is -12.2. The first-order valence-electron chi connectivity index (χ1n) is 40.6. The number of rotatable bonds is 39. The van der Waals surface area contributed by atoms with E-state index in [4.69, 9.17) is 99.0 Å². The summed E-state index contributed by atoms with van der Waals surface area (Å²) in [6.45, 7) is -14.1. The van der Waals surface area contributed by atoms with Crippen LogP contribution in [0.4, 0.5) is 0 Å². The minimum Gasteiger partial charge on any atom is -0.477 e. The molecule has 0 saturated carbocycles. The minimum absolute atomic E-state index is 1.12. The Morgan fingerprint density at radius 3 is 1.11 bits per heavy atom. The third-order valence-electron chi connectivity index (χ3n) is 23.5. The Labute approximate surface area is 745 Å². The van der Waals surface area contributed by atoms with Gasteiger partial charge in [-0.2, -0.15) is 0 Å². The van der Waals surface area contributed by atoms with Gasteiger partial charge in [-0.15, -0.1) is 0 Å². The van der Waals surface area contributed by atoms with Gasteiger partial charge in [-0.1, -0.05) is 0 Å². The van der Waals surface area contributed by atoms with E-state index in [1.54, 1.807) is 0 Å². The molecule has 776 valence electrons. The van der Waals surface area contributed by atoms with Gasteiger partial charge in [0.1, 0.15) is 250 Å². The maximum Gasteiger partial charge on any atom is 0.470 e. The number of carbonyl (C=O) groups is 2. The van der Waals surface area contributed by atoms with E-state index in [-0.39, 0.29) is 0 Å². The molecule has 53 atom stereocenters. The van der Waals surface area contributed by atoms with E-state index in [0.29, 0.717) is 0 Å². The number of carboxylic acids is 2. The van der Waals surface area contributed by atoms with Crippen LogP contribution in [0.1, 0.15) is 12.8 Å². The highest BCUT2D eigenvalue weighted by molar-refractivity contribution is 7.46. The van der Waals surface area contributed by atoms with Gasteiger partial charge in [0.2, 0.25) is 0 Å². The summed E-state index contributed by atoms with van der Waals surface area (Å²) in [5, 5.41) is 388. The average molecular weight is 2010 g/mol. The second-order valence-corrected chi connectivity index (χ2v) is 34.9. The van der Waals surface area contributed by atoms with E-state index in [2.05, 4.69) is 0 Å². The molecule has 10 aliphatic rings. The SMILES string of the molecule is O=C(O)C1(O)C[C@@H](O[C@]2(C(=O)O)C[C@@H](O)[C@@H](O)[C@@H]([C@H](O)CO)O2)[C@@H](O[C@H]2O[C@H]([C@@H](O)CO)[C@@H](OP(=O)(O)O)[C@H](O[C@H]3O[C@H]([C@@H](O)CO[C@H]4O[C@H]([C@@H](O)CO)[C@@H](O)[C@H](O)[C@@H]4O)[C@@H](OP(=O)(O)O)[C@H](O[C@H]4O[C@H](CO)[C@@H](O)[C@H](O[C@H]5O[C@H](CO)[C@@H](O[C@@H]6O[C@H](CO)[C@H](O)[C@H](O)[C@H]6O)[C@H](O)[C@H]5O[C@H]5O[C@H](CO)[C@H](O)[C@H](O)[C@H]5O[C@H]5O[C@H](CO)[C@H](O)[C@H](O)[C@H]5O)[C@H]4O)[C@@H]3O)[C@@H]2O)[C@@H]([C@H](O)CO)O1. The van der Waals surface area contributed by atoms with Gasteiger partial charge in [0, 0.05) is 12.8 Å². The third kappa shape index (κ3) is 24.6. The fraction of sp³-hybridized carbons (Fsp3) is 0.970. The summed E-state index contributed by atoms with van der Waals surface area (Å²) in [7, 11) is -12.8. The van der Waals surface area contributed by atoms with E-state index in [1.165, 1.54) is 0 Å². The predicted octanol–water partition coefficient (Wildman–Crippen LogP) is -24.8. The highest BCUT2D eigenvalue weighted by Crippen LogP contribution is 2.50. The van der Waals surface area contributed by atoms with Crippen molar-refractivity contribution in [2.45, 2.75) is 337 Å². The molecule has 10 aliphatic heterocycles.